The summed E-state index contributed by atoms with van der Waals surface area (Å²) in [5, 5.41) is 12.8. The molecule has 2 rings (SSSR count). The fraction of sp³-hybridized carbons (Fsp3) is 0.263. The molecule has 0 saturated heterocycles. The van der Waals surface area contributed by atoms with Gasteiger partial charge in [-0.15, -0.1) is 0 Å². The van der Waals surface area contributed by atoms with E-state index in [-0.39, 0.29) is 18.1 Å². The van der Waals surface area contributed by atoms with Gasteiger partial charge in [0.2, 0.25) is 0 Å². The summed E-state index contributed by atoms with van der Waals surface area (Å²) in [6, 6.07) is 11.9. The van der Waals surface area contributed by atoms with Gasteiger partial charge in [0.25, 0.3) is 0 Å². The molecular weight excluding hydrogens is 514 g/mol. The molecule has 2 aromatic rings. The van der Waals surface area contributed by atoms with Crippen molar-refractivity contribution in [2.45, 2.75) is 18.9 Å². The van der Waals surface area contributed by atoms with Crippen LogP contribution in [0.25, 0.3) is 0 Å². The van der Waals surface area contributed by atoms with E-state index in [2.05, 4.69) is 49.8 Å². The van der Waals surface area contributed by atoms with Crippen LogP contribution in [0.3, 0.4) is 0 Å². The number of anilines is 1. The average molecular weight is 533 g/mol. The molecule has 1 amide bonds. The lowest BCUT2D eigenvalue weighted by molar-refractivity contribution is -0.140. The fourth-order valence-corrected chi connectivity index (χ4v) is 3.11. The molecule has 0 aliphatic carbocycles. The van der Waals surface area contributed by atoms with E-state index in [4.69, 9.17) is 9.47 Å². The zero-order valence-corrected chi connectivity index (χ0v) is 18.8. The number of aromatic hydroxyl groups is 1. The van der Waals surface area contributed by atoms with Crippen molar-refractivity contribution in [3.8, 4) is 5.75 Å². The molecule has 0 radical (unpaired) electrons. The van der Waals surface area contributed by atoms with E-state index in [0.717, 1.165) is 8.95 Å². The van der Waals surface area contributed by atoms with Crippen molar-refractivity contribution in [1.29, 1.82) is 0 Å². The first-order valence-electron chi connectivity index (χ1n) is 8.37. The Balaban J connectivity index is 2.06. The quantitative estimate of drug-likeness (QED) is 0.239. The van der Waals surface area contributed by atoms with Crippen LogP contribution >= 0.6 is 44.5 Å². The molecule has 28 heavy (non-hydrogen) atoms. The van der Waals surface area contributed by atoms with Gasteiger partial charge in [0.15, 0.2) is 0 Å². The number of hydrogen-bond acceptors (Lipinski definition) is 6. The SMILES string of the molecule is O=C(CS)OCCC[C@H](OC(=O)Nc1ccc(Br)cc1)c1cc(Br)ccc1O. The number of carbonyl (C=O) groups excluding carboxylic acids is 2. The number of phenols is 1. The predicted molar refractivity (Wildman–Crippen MR) is 117 cm³/mol. The molecule has 150 valence electrons. The first-order chi connectivity index (χ1) is 13.4. The van der Waals surface area contributed by atoms with Crippen LogP contribution in [0.4, 0.5) is 10.5 Å². The summed E-state index contributed by atoms with van der Waals surface area (Å²) in [5.74, 6) is -0.404. The second-order valence-electron chi connectivity index (χ2n) is 5.75. The summed E-state index contributed by atoms with van der Waals surface area (Å²) in [6.45, 7) is 0.169. The lowest BCUT2D eigenvalue weighted by Crippen LogP contribution is -2.18. The third-order valence-corrected chi connectivity index (χ3v) is 4.96. The minimum absolute atomic E-state index is 0.00193. The number of esters is 1. The number of halogens is 2. The summed E-state index contributed by atoms with van der Waals surface area (Å²) in [4.78, 5) is 23.5. The molecule has 0 bridgehead atoms. The molecule has 2 aromatic carbocycles. The summed E-state index contributed by atoms with van der Waals surface area (Å²) in [6.07, 6.45) is -0.569. The largest absolute Gasteiger partial charge is 0.508 e. The number of phenolic OH excluding ortho intramolecular Hbond substituents is 1. The van der Waals surface area contributed by atoms with E-state index in [1.54, 1.807) is 36.4 Å². The molecule has 0 aliphatic heterocycles. The Bertz CT molecular complexity index is 816. The number of nitrogens with one attached hydrogen (secondary N) is 1. The second-order valence-corrected chi connectivity index (χ2v) is 7.90. The Morgan fingerprint density at radius 2 is 1.79 bits per heavy atom. The number of rotatable bonds is 8. The van der Waals surface area contributed by atoms with Crippen LogP contribution in [-0.2, 0) is 14.3 Å². The van der Waals surface area contributed by atoms with Gasteiger partial charge in [0, 0.05) is 20.2 Å². The predicted octanol–water partition coefficient (Wildman–Crippen LogP) is 5.46. The van der Waals surface area contributed by atoms with E-state index < -0.39 is 18.2 Å². The summed E-state index contributed by atoms with van der Waals surface area (Å²) >= 11 is 10.5. The zero-order chi connectivity index (χ0) is 20.5. The summed E-state index contributed by atoms with van der Waals surface area (Å²) in [5.41, 5.74) is 1.04. The van der Waals surface area contributed by atoms with E-state index in [9.17, 15) is 14.7 Å². The monoisotopic (exact) mass is 531 g/mol. The van der Waals surface area contributed by atoms with E-state index in [1.165, 1.54) is 6.07 Å². The maximum atomic E-state index is 12.3. The van der Waals surface area contributed by atoms with Gasteiger partial charge >= 0.3 is 12.1 Å². The van der Waals surface area contributed by atoms with Gasteiger partial charge in [-0.1, -0.05) is 31.9 Å². The third-order valence-electron chi connectivity index (χ3n) is 3.68. The molecular formula is C19H19Br2NO5S. The Kier molecular flexibility index (Phi) is 9.14. The van der Waals surface area contributed by atoms with Crippen LogP contribution in [0.15, 0.2) is 51.4 Å². The molecule has 1 atom stereocenters. The number of hydrogen-bond donors (Lipinski definition) is 3. The zero-order valence-electron chi connectivity index (χ0n) is 14.7. The van der Waals surface area contributed by atoms with Gasteiger partial charge in [0.1, 0.15) is 11.9 Å². The molecule has 0 fully saturated rings. The number of thiol groups is 1. The Labute approximate surface area is 185 Å². The first-order valence-corrected chi connectivity index (χ1v) is 10.6. The highest BCUT2D eigenvalue weighted by Crippen LogP contribution is 2.33. The van der Waals surface area contributed by atoms with Crippen molar-refractivity contribution in [3.63, 3.8) is 0 Å². The number of ether oxygens (including phenoxy) is 2. The highest BCUT2D eigenvalue weighted by Gasteiger charge is 2.21. The van der Waals surface area contributed by atoms with Crippen molar-refractivity contribution in [1.82, 2.24) is 0 Å². The molecule has 0 aromatic heterocycles. The fourth-order valence-electron chi connectivity index (χ4n) is 2.37. The maximum absolute atomic E-state index is 12.3. The topological polar surface area (TPSA) is 84.9 Å². The molecule has 0 saturated carbocycles. The van der Waals surface area contributed by atoms with Crippen molar-refractivity contribution in [2.24, 2.45) is 0 Å². The minimum Gasteiger partial charge on any atom is -0.508 e. The van der Waals surface area contributed by atoms with Gasteiger partial charge in [-0.3, -0.25) is 10.1 Å². The molecule has 0 aliphatic rings. The average Bonchev–Trinajstić information content (AvgIpc) is 2.67. The normalized spacial score (nSPS) is 11.5. The first kappa shape index (κ1) is 22.6. The number of amides is 1. The van der Waals surface area contributed by atoms with E-state index >= 15 is 0 Å². The number of carbonyl (C=O) groups is 2. The van der Waals surface area contributed by atoms with Crippen LogP contribution in [0.1, 0.15) is 24.5 Å². The van der Waals surface area contributed by atoms with Gasteiger partial charge in [-0.05, 0) is 55.3 Å². The second kappa shape index (κ2) is 11.3. The molecule has 0 spiro atoms. The number of benzene rings is 2. The van der Waals surface area contributed by atoms with Crippen LogP contribution < -0.4 is 5.32 Å². The van der Waals surface area contributed by atoms with Crippen molar-refractivity contribution in [3.05, 3.63) is 57.0 Å². The van der Waals surface area contributed by atoms with Crippen molar-refractivity contribution in [2.75, 3.05) is 17.7 Å². The van der Waals surface area contributed by atoms with Gasteiger partial charge in [-0.2, -0.15) is 12.6 Å². The Morgan fingerprint density at radius 1 is 1.11 bits per heavy atom. The highest BCUT2D eigenvalue weighted by molar-refractivity contribution is 9.10. The Morgan fingerprint density at radius 3 is 2.46 bits per heavy atom. The Hall–Kier alpha value is -1.71. The van der Waals surface area contributed by atoms with Crippen LogP contribution in [0.2, 0.25) is 0 Å². The van der Waals surface area contributed by atoms with Crippen molar-refractivity contribution < 1.29 is 24.2 Å². The van der Waals surface area contributed by atoms with Crippen molar-refractivity contribution >= 4 is 62.2 Å². The summed E-state index contributed by atoms with van der Waals surface area (Å²) < 4.78 is 12.2. The lowest BCUT2D eigenvalue weighted by atomic mass is 10.0. The maximum Gasteiger partial charge on any atom is 0.412 e. The molecule has 0 heterocycles. The molecule has 9 heteroatoms. The minimum atomic E-state index is -0.720. The van der Waals surface area contributed by atoms with Gasteiger partial charge in [0.05, 0.1) is 12.4 Å². The van der Waals surface area contributed by atoms with Crippen LogP contribution in [0.5, 0.6) is 5.75 Å². The van der Waals surface area contributed by atoms with Gasteiger partial charge in [-0.25, -0.2) is 4.79 Å². The van der Waals surface area contributed by atoms with E-state index in [0.29, 0.717) is 24.1 Å². The van der Waals surface area contributed by atoms with Crippen LogP contribution in [-0.4, -0.2) is 29.5 Å². The lowest BCUT2D eigenvalue weighted by Gasteiger charge is -2.20. The highest BCUT2D eigenvalue weighted by atomic mass is 79.9. The molecule has 2 N–H and O–H groups in total. The van der Waals surface area contributed by atoms with Crippen LogP contribution in [0, 0.1) is 0 Å². The van der Waals surface area contributed by atoms with E-state index in [1.807, 2.05) is 0 Å². The smallest absolute Gasteiger partial charge is 0.412 e. The summed E-state index contributed by atoms with van der Waals surface area (Å²) in [7, 11) is 0. The van der Waals surface area contributed by atoms with Gasteiger partial charge < -0.3 is 14.6 Å². The molecule has 0 unspecified atom stereocenters. The third kappa shape index (κ3) is 7.37. The standard InChI is InChI=1S/C19H19Br2NO5S/c20-12-3-6-14(7-4-12)22-19(25)27-17(2-1-9-26-18(24)11-28)15-10-13(21)5-8-16(15)23/h3-8,10,17,23,28H,1-2,9,11H2,(H,22,25)/t17-/m0/s1. The molecule has 6 nitrogen and oxygen atoms in total.